The van der Waals surface area contributed by atoms with Crippen LogP contribution in [0.25, 0.3) is 0 Å². The molecule has 1 heterocycles. The van der Waals surface area contributed by atoms with Crippen molar-refractivity contribution in [2.24, 2.45) is 5.41 Å². The molecule has 1 atom stereocenters. The first-order chi connectivity index (χ1) is 5.07. The van der Waals surface area contributed by atoms with Gasteiger partial charge in [0.05, 0.1) is 0 Å². The third kappa shape index (κ3) is 1.77. The first kappa shape index (κ1) is 8.65. The van der Waals surface area contributed by atoms with E-state index in [9.17, 15) is 4.79 Å². The number of alkyl halides is 1. The minimum absolute atomic E-state index is 0.0792. The summed E-state index contributed by atoms with van der Waals surface area (Å²) in [6.45, 7) is 3.11. The lowest BCUT2D eigenvalue weighted by atomic mass is 9.93. The van der Waals surface area contributed by atoms with Crippen molar-refractivity contribution in [3.05, 3.63) is 0 Å². The molecule has 0 radical (unpaired) electrons. The molecule has 64 valence electrons. The predicted octanol–water partition coefficient (Wildman–Crippen LogP) is 1.31. The summed E-state index contributed by atoms with van der Waals surface area (Å²) in [5.41, 5.74) is -0.0792. The van der Waals surface area contributed by atoms with Crippen LogP contribution in [-0.2, 0) is 4.74 Å². The van der Waals surface area contributed by atoms with Gasteiger partial charge in [-0.25, -0.2) is 4.79 Å². The van der Waals surface area contributed by atoms with Gasteiger partial charge in [0.1, 0.15) is 6.61 Å². The number of hydrogen-bond donors (Lipinski definition) is 0. The van der Waals surface area contributed by atoms with Gasteiger partial charge in [-0.15, -0.1) is 11.6 Å². The topological polar surface area (TPSA) is 29.5 Å². The second-order valence-corrected chi connectivity index (χ2v) is 3.62. The summed E-state index contributed by atoms with van der Waals surface area (Å²) in [6.07, 6.45) is -0.257. The molecule has 4 heteroatoms. The zero-order valence-electron chi connectivity index (χ0n) is 6.76. The molecule has 0 bridgehead atoms. The van der Waals surface area contributed by atoms with Crippen molar-refractivity contribution in [2.45, 2.75) is 6.92 Å². The maximum atomic E-state index is 10.9. The zero-order chi connectivity index (χ0) is 8.48. The monoisotopic (exact) mass is 177 g/mol. The Morgan fingerprint density at radius 1 is 1.82 bits per heavy atom. The van der Waals surface area contributed by atoms with E-state index in [0.717, 1.165) is 0 Å². The minimum atomic E-state index is -0.257. The molecule has 1 amide bonds. The quantitative estimate of drug-likeness (QED) is 0.566. The highest BCUT2D eigenvalue weighted by atomic mass is 35.5. The van der Waals surface area contributed by atoms with E-state index in [1.54, 1.807) is 11.9 Å². The van der Waals surface area contributed by atoms with Crippen molar-refractivity contribution in [1.29, 1.82) is 0 Å². The fourth-order valence-electron chi connectivity index (χ4n) is 1.11. The molecule has 11 heavy (non-hydrogen) atoms. The molecule has 0 aromatic heterocycles. The highest BCUT2D eigenvalue weighted by Crippen LogP contribution is 2.24. The van der Waals surface area contributed by atoms with Gasteiger partial charge in [0.2, 0.25) is 0 Å². The number of amides is 1. The summed E-state index contributed by atoms with van der Waals surface area (Å²) in [7, 11) is 1.71. The van der Waals surface area contributed by atoms with Gasteiger partial charge in [0.25, 0.3) is 0 Å². The molecule has 0 saturated carbocycles. The Balaban J connectivity index is 2.58. The number of cyclic esters (lactones) is 1. The smallest absolute Gasteiger partial charge is 0.409 e. The summed E-state index contributed by atoms with van der Waals surface area (Å²) >= 11 is 5.72. The number of hydrogen-bond acceptors (Lipinski definition) is 2. The van der Waals surface area contributed by atoms with Crippen LogP contribution in [0.2, 0.25) is 0 Å². The minimum Gasteiger partial charge on any atom is -0.449 e. The molecule has 0 aromatic carbocycles. The molecule has 0 spiro atoms. The van der Waals surface area contributed by atoms with Crippen LogP contribution in [0.5, 0.6) is 0 Å². The van der Waals surface area contributed by atoms with E-state index in [4.69, 9.17) is 16.3 Å². The first-order valence-electron chi connectivity index (χ1n) is 3.51. The molecule has 3 nitrogen and oxygen atoms in total. The van der Waals surface area contributed by atoms with E-state index >= 15 is 0 Å². The number of nitrogens with zero attached hydrogens (tertiary/aromatic N) is 1. The Kier molecular flexibility index (Phi) is 2.28. The maximum Gasteiger partial charge on any atom is 0.409 e. The summed E-state index contributed by atoms with van der Waals surface area (Å²) < 4.78 is 4.90. The van der Waals surface area contributed by atoms with Crippen molar-refractivity contribution >= 4 is 17.7 Å². The number of halogens is 1. The fourth-order valence-corrected chi connectivity index (χ4v) is 1.27. The van der Waals surface area contributed by atoms with Gasteiger partial charge in [-0.1, -0.05) is 6.92 Å². The van der Waals surface area contributed by atoms with E-state index < -0.39 is 0 Å². The number of carbonyl (C=O) groups is 1. The fraction of sp³-hybridized carbons (Fsp3) is 0.857. The lowest BCUT2D eigenvalue weighted by Crippen LogP contribution is -2.47. The molecule has 0 aromatic rings. The van der Waals surface area contributed by atoms with Crippen molar-refractivity contribution in [2.75, 3.05) is 26.1 Å². The molecule has 0 aliphatic carbocycles. The Labute approximate surface area is 71.3 Å². The lowest BCUT2D eigenvalue weighted by molar-refractivity contribution is 0.0206. The Bertz CT molecular complexity index is 174. The average molecular weight is 178 g/mol. The Morgan fingerprint density at radius 2 is 2.45 bits per heavy atom. The normalized spacial score (nSPS) is 31.9. The zero-order valence-corrected chi connectivity index (χ0v) is 7.52. The summed E-state index contributed by atoms with van der Waals surface area (Å²) in [5, 5.41) is 0. The summed E-state index contributed by atoms with van der Waals surface area (Å²) in [4.78, 5) is 12.4. The van der Waals surface area contributed by atoms with Crippen molar-refractivity contribution in [3.63, 3.8) is 0 Å². The predicted molar refractivity (Wildman–Crippen MR) is 42.8 cm³/mol. The second kappa shape index (κ2) is 2.89. The molecule has 1 aliphatic heterocycles. The third-order valence-corrected chi connectivity index (χ3v) is 2.44. The highest BCUT2D eigenvalue weighted by molar-refractivity contribution is 6.18. The van der Waals surface area contributed by atoms with Gasteiger partial charge in [-0.2, -0.15) is 0 Å². The van der Waals surface area contributed by atoms with E-state index in [-0.39, 0.29) is 11.5 Å². The molecular weight excluding hydrogens is 166 g/mol. The molecular formula is C7H12ClNO2. The number of carbonyl (C=O) groups excluding carboxylic acids is 1. The van der Waals surface area contributed by atoms with Crippen LogP contribution in [-0.4, -0.2) is 37.1 Å². The van der Waals surface area contributed by atoms with E-state index in [0.29, 0.717) is 19.0 Å². The van der Waals surface area contributed by atoms with Crippen molar-refractivity contribution in [1.82, 2.24) is 4.90 Å². The van der Waals surface area contributed by atoms with E-state index in [1.807, 2.05) is 6.92 Å². The summed E-state index contributed by atoms with van der Waals surface area (Å²) in [6, 6.07) is 0. The van der Waals surface area contributed by atoms with Crippen LogP contribution in [0.1, 0.15) is 6.92 Å². The number of rotatable bonds is 1. The molecule has 1 aliphatic rings. The van der Waals surface area contributed by atoms with Crippen LogP contribution >= 0.6 is 11.6 Å². The SMILES string of the molecule is CN1CC(C)(CCl)COC1=O. The molecule has 1 rings (SSSR count). The third-order valence-electron chi connectivity index (χ3n) is 1.80. The molecule has 1 fully saturated rings. The first-order valence-corrected chi connectivity index (χ1v) is 4.05. The molecule has 1 saturated heterocycles. The van der Waals surface area contributed by atoms with Crippen LogP contribution in [0, 0.1) is 5.41 Å². The van der Waals surface area contributed by atoms with Crippen LogP contribution in [0.4, 0.5) is 4.79 Å². The Hall–Kier alpha value is -0.440. The average Bonchev–Trinajstić information content (AvgIpc) is 1.98. The van der Waals surface area contributed by atoms with Gasteiger partial charge >= 0.3 is 6.09 Å². The van der Waals surface area contributed by atoms with Gasteiger partial charge in [0, 0.05) is 24.9 Å². The van der Waals surface area contributed by atoms with Crippen LogP contribution < -0.4 is 0 Å². The van der Waals surface area contributed by atoms with E-state index in [1.165, 1.54) is 0 Å². The molecule has 0 N–H and O–H groups in total. The standard InChI is InChI=1S/C7H12ClNO2/c1-7(3-8)4-9(2)6(10)11-5-7/h3-5H2,1-2H3. The van der Waals surface area contributed by atoms with Gasteiger partial charge in [-0.3, -0.25) is 0 Å². The van der Waals surface area contributed by atoms with Gasteiger partial charge in [0.15, 0.2) is 0 Å². The maximum absolute atomic E-state index is 10.9. The second-order valence-electron chi connectivity index (χ2n) is 3.35. The Morgan fingerprint density at radius 3 is 2.91 bits per heavy atom. The largest absolute Gasteiger partial charge is 0.449 e. The molecule has 1 unspecified atom stereocenters. The number of ether oxygens (including phenoxy) is 1. The summed E-state index contributed by atoms with van der Waals surface area (Å²) in [5.74, 6) is 0.518. The van der Waals surface area contributed by atoms with Gasteiger partial charge in [-0.05, 0) is 0 Å². The van der Waals surface area contributed by atoms with Crippen LogP contribution in [0.15, 0.2) is 0 Å². The highest BCUT2D eigenvalue weighted by Gasteiger charge is 2.33. The van der Waals surface area contributed by atoms with Gasteiger partial charge < -0.3 is 9.64 Å². The lowest BCUT2D eigenvalue weighted by Gasteiger charge is -2.36. The van der Waals surface area contributed by atoms with Crippen molar-refractivity contribution in [3.8, 4) is 0 Å². The van der Waals surface area contributed by atoms with E-state index in [2.05, 4.69) is 0 Å². The van der Waals surface area contributed by atoms with Crippen LogP contribution in [0.3, 0.4) is 0 Å². The van der Waals surface area contributed by atoms with Crippen molar-refractivity contribution < 1.29 is 9.53 Å².